The summed E-state index contributed by atoms with van der Waals surface area (Å²) in [7, 11) is 0. The van der Waals surface area contributed by atoms with Crippen LogP contribution in [0.15, 0.2) is 30.9 Å². The van der Waals surface area contributed by atoms with Crippen LogP contribution in [0, 0.1) is 9.39 Å². The van der Waals surface area contributed by atoms with Crippen molar-refractivity contribution in [3.63, 3.8) is 0 Å². The Hall–Kier alpha value is -1.64. The second kappa shape index (κ2) is 4.80. The highest BCUT2D eigenvalue weighted by Crippen LogP contribution is 2.22. The summed E-state index contributed by atoms with van der Waals surface area (Å²) in [6, 6.07) is 3.18. The van der Waals surface area contributed by atoms with Crippen molar-refractivity contribution in [1.82, 2.24) is 19.1 Å². The van der Waals surface area contributed by atoms with Gasteiger partial charge < -0.3 is 14.9 Å². The van der Waals surface area contributed by atoms with Gasteiger partial charge in [0.15, 0.2) is 0 Å². The summed E-state index contributed by atoms with van der Waals surface area (Å²) < 4.78 is 17.9. The Morgan fingerprint density at radius 1 is 1.32 bits per heavy atom. The molecule has 0 radical (unpaired) electrons. The largest absolute Gasteiger partial charge is 0.369 e. The zero-order chi connectivity index (χ0) is 13.4. The van der Waals surface area contributed by atoms with Crippen molar-refractivity contribution in [3.8, 4) is 0 Å². The van der Waals surface area contributed by atoms with E-state index >= 15 is 0 Å². The lowest BCUT2D eigenvalue weighted by atomic mass is 10.3. The Morgan fingerprint density at radius 2 is 2.16 bits per heavy atom. The molecule has 0 unspecified atom stereocenters. The van der Waals surface area contributed by atoms with E-state index in [1.807, 2.05) is 37.9 Å². The first-order valence-corrected chi connectivity index (χ1v) is 6.79. The Balaban J connectivity index is 1.98. The van der Waals surface area contributed by atoms with Crippen LogP contribution in [0.1, 0.15) is 0 Å². The van der Waals surface area contributed by atoms with Crippen LogP contribution in [0.25, 0.3) is 11.0 Å². The normalized spacial score (nSPS) is 11.3. The number of halogens is 2. The minimum atomic E-state index is -0.253. The predicted octanol–water partition coefficient (Wildman–Crippen LogP) is 2.26. The van der Waals surface area contributed by atoms with Crippen LogP contribution in [-0.2, 0) is 13.1 Å². The van der Waals surface area contributed by atoms with Crippen molar-refractivity contribution in [2.45, 2.75) is 13.1 Å². The summed E-state index contributed by atoms with van der Waals surface area (Å²) in [5.74, 6) is 0.147. The maximum absolute atomic E-state index is 13.6. The van der Waals surface area contributed by atoms with Crippen molar-refractivity contribution in [1.29, 1.82) is 0 Å². The average molecular weight is 371 g/mol. The monoisotopic (exact) mass is 371 g/mol. The Bertz CT molecular complexity index is 719. The minimum absolute atomic E-state index is 0.253. The van der Waals surface area contributed by atoms with Crippen LogP contribution in [0.5, 0.6) is 0 Å². The fourth-order valence-electron chi connectivity index (χ4n) is 2.01. The van der Waals surface area contributed by atoms with Gasteiger partial charge in [0.2, 0.25) is 5.95 Å². The molecule has 2 heterocycles. The molecule has 2 aromatic heterocycles. The van der Waals surface area contributed by atoms with E-state index in [2.05, 4.69) is 9.97 Å². The summed E-state index contributed by atoms with van der Waals surface area (Å²) in [5, 5.41) is 0. The number of nitrogens with zero attached hydrogens (tertiary/aromatic N) is 4. The molecule has 0 aliphatic carbocycles. The maximum Gasteiger partial charge on any atom is 0.201 e. The van der Waals surface area contributed by atoms with Crippen molar-refractivity contribution in [2.75, 3.05) is 5.73 Å². The first-order chi connectivity index (χ1) is 9.15. The number of rotatable bonds is 3. The summed E-state index contributed by atoms with van der Waals surface area (Å²) in [6.07, 6.45) is 5.33. The van der Waals surface area contributed by atoms with Crippen molar-refractivity contribution in [2.24, 2.45) is 0 Å². The van der Waals surface area contributed by atoms with E-state index in [9.17, 15) is 4.39 Å². The molecule has 0 bridgehead atoms. The molecule has 0 atom stereocenters. The van der Waals surface area contributed by atoms with Crippen molar-refractivity contribution >= 4 is 39.6 Å². The van der Waals surface area contributed by atoms with Crippen molar-refractivity contribution < 1.29 is 4.39 Å². The molecule has 3 aromatic rings. The highest BCUT2D eigenvalue weighted by molar-refractivity contribution is 14.1. The third-order valence-electron chi connectivity index (χ3n) is 2.96. The second-order valence-corrected chi connectivity index (χ2v) is 5.34. The molecular formula is C12H11FIN5. The Labute approximate surface area is 122 Å². The summed E-state index contributed by atoms with van der Waals surface area (Å²) in [4.78, 5) is 8.24. The molecule has 0 spiro atoms. The van der Waals surface area contributed by atoms with E-state index in [1.165, 1.54) is 6.07 Å². The van der Waals surface area contributed by atoms with Gasteiger partial charge in [0.1, 0.15) is 5.82 Å². The number of nitrogens with two attached hydrogens (primary N) is 1. The number of nitrogen functional groups attached to an aromatic ring is 1. The molecule has 3 rings (SSSR count). The molecule has 0 fully saturated rings. The van der Waals surface area contributed by atoms with E-state index < -0.39 is 0 Å². The molecule has 0 amide bonds. The van der Waals surface area contributed by atoms with Gasteiger partial charge in [0, 0.05) is 31.5 Å². The number of aryl methyl sites for hydroxylation is 2. The molecule has 5 nitrogen and oxygen atoms in total. The highest BCUT2D eigenvalue weighted by atomic mass is 127. The van der Waals surface area contributed by atoms with E-state index in [0.717, 1.165) is 5.52 Å². The topological polar surface area (TPSA) is 61.7 Å². The number of hydrogen-bond donors (Lipinski definition) is 1. The number of aromatic nitrogens is 4. The molecule has 0 aliphatic rings. The summed E-state index contributed by atoms with van der Waals surface area (Å²) in [5.41, 5.74) is 7.33. The van der Waals surface area contributed by atoms with E-state index in [-0.39, 0.29) is 5.82 Å². The van der Waals surface area contributed by atoms with Gasteiger partial charge in [0.05, 0.1) is 20.9 Å². The zero-order valence-corrected chi connectivity index (χ0v) is 12.1. The Morgan fingerprint density at radius 3 is 2.89 bits per heavy atom. The molecule has 7 heteroatoms. The van der Waals surface area contributed by atoms with Crippen LogP contribution in [-0.4, -0.2) is 19.1 Å². The maximum atomic E-state index is 13.6. The van der Waals surface area contributed by atoms with Gasteiger partial charge in [-0.3, -0.25) is 0 Å². The van der Waals surface area contributed by atoms with Gasteiger partial charge in [-0.25, -0.2) is 14.4 Å². The lowest BCUT2D eigenvalue weighted by molar-refractivity contribution is 0.590. The quantitative estimate of drug-likeness (QED) is 0.719. The standard InChI is InChI=1S/C12H11FIN5/c13-8-5-11-10(6-9(8)14)17-12(15)19(11)4-3-18-2-1-16-7-18/h1-2,5-7H,3-4H2,(H2,15,17). The zero-order valence-electron chi connectivity index (χ0n) is 9.92. The highest BCUT2D eigenvalue weighted by Gasteiger charge is 2.11. The molecule has 19 heavy (non-hydrogen) atoms. The molecule has 1 aromatic carbocycles. The molecular weight excluding hydrogens is 360 g/mol. The number of hydrogen-bond acceptors (Lipinski definition) is 3. The first-order valence-electron chi connectivity index (χ1n) is 5.71. The van der Waals surface area contributed by atoms with Crippen LogP contribution >= 0.6 is 22.6 Å². The molecule has 0 saturated heterocycles. The fourth-order valence-corrected chi connectivity index (χ4v) is 2.46. The second-order valence-electron chi connectivity index (χ2n) is 4.18. The average Bonchev–Trinajstić information content (AvgIpc) is 2.96. The van der Waals surface area contributed by atoms with Crippen molar-refractivity contribution in [3.05, 3.63) is 40.2 Å². The minimum Gasteiger partial charge on any atom is -0.369 e. The van der Waals surface area contributed by atoms with Gasteiger partial charge in [-0.05, 0) is 28.7 Å². The van der Waals surface area contributed by atoms with Gasteiger partial charge in [0.25, 0.3) is 0 Å². The predicted molar refractivity (Wildman–Crippen MR) is 79.0 cm³/mol. The summed E-state index contributed by atoms with van der Waals surface area (Å²) >= 11 is 1.95. The molecule has 0 aliphatic heterocycles. The first kappa shape index (κ1) is 12.4. The third-order valence-corrected chi connectivity index (χ3v) is 3.79. The van der Waals surface area contributed by atoms with Gasteiger partial charge >= 0.3 is 0 Å². The third kappa shape index (κ3) is 2.29. The van der Waals surface area contributed by atoms with Gasteiger partial charge in [-0.2, -0.15) is 0 Å². The van der Waals surface area contributed by atoms with E-state index in [0.29, 0.717) is 28.1 Å². The number of fused-ring (bicyclic) bond motifs is 1. The molecule has 98 valence electrons. The molecule has 2 N–H and O–H groups in total. The number of benzene rings is 1. The fraction of sp³-hybridized carbons (Fsp3) is 0.167. The van der Waals surface area contributed by atoms with Crippen LogP contribution < -0.4 is 5.73 Å². The number of anilines is 1. The van der Waals surface area contributed by atoms with Crippen LogP contribution in [0.3, 0.4) is 0 Å². The van der Waals surface area contributed by atoms with Crippen LogP contribution in [0.4, 0.5) is 10.3 Å². The van der Waals surface area contributed by atoms with Gasteiger partial charge in [-0.1, -0.05) is 0 Å². The molecule has 0 saturated carbocycles. The smallest absolute Gasteiger partial charge is 0.201 e. The van der Waals surface area contributed by atoms with Gasteiger partial charge in [-0.15, -0.1) is 0 Å². The SMILES string of the molecule is Nc1nc2cc(I)c(F)cc2n1CCn1ccnc1. The lowest BCUT2D eigenvalue weighted by Crippen LogP contribution is -2.09. The van der Waals surface area contributed by atoms with E-state index in [4.69, 9.17) is 5.73 Å². The summed E-state index contributed by atoms with van der Waals surface area (Å²) in [6.45, 7) is 1.34. The Kier molecular flexibility index (Phi) is 3.13. The van der Waals surface area contributed by atoms with Crippen LogP contribution in [0.2, 0.25) is 0 Å². The number of imidazole rings is 2. The van der Waals surface area contributed by atoms with E-state index in [1.54, 1.807) is 18.6 Å². The lowest BCUT2D eigenvalue weighted by Gasteiger charge is -2.07.